The van der Waals surface area contributed by atoms with Crippen molar-refractivity contribution in [3.05, 3.63) is 18.1 Å². The second-order valence-corrected chi connectivity index (χ2v) is 8.23. The minimum absolute atomic E-state index is 0.0801. The number of aryl methyl sites for hydroxylation is 1. The van der Waals surface area contributed by atoms with Gasteiger partial charge in [0.2, 0.25) is 5.88 Å². The molecule has 0 atom stereocenters. The molecule has 0 saturated heterocycles. The van der Waals surface area contributed by atoms with E-state index in [0.29, 0.717) is 23.0 Å². The predicted molar refractivity (Wildman–Crippen MR) is 110 cm³/mol. The van der Waals surface area contributed by atoms with E-state index in [4.69, 9.17) is 9.47 Å². The molecule has 0 spiro atoms. The van der Waals surface area contributed by atoms with Crippen molar-refractivity contribution in [2.75, 3.05) is 7.05 Å². The number of carbonyl (C=O) groups excluding carboxylic acids is 1. The Morgan fingerprint density at radius 2 is 1.83 bits per heavy atom. The number of carbonyl (C=O) groups is 1. The van der Waals surface area contributed by atoms with Crippen molar-refractivity contribution in [1.29, 1.82) is 0 Å². The molecule has 9 heteroatoms. The van der Waals surface area contributed by atoms with E-state index in [-0.39, 0.29) is 24.8 Å². The number of nitrogens with zero attached hydrogens (tertiary/aromatic N) is 6. The lowest BCUT2D eigenvalue weighted by molar-refractivity contribution is 0.0899. The van der Waals surface area contributed by atoms with E-state index in [1.807, 2.05) is 0 Å². The number of hydrogen-bond donors (Lipinski definition) is 0. The fourth-order valence-corrected chi connectivity index (χ4v) is 4.26. The SMILES string of the molecule is CN(C(=O)OCc1c(-c2cnc(OC3CCCCC3)cn2)nnn1C)C1CCCC1. The van der Waals surface area contributed by atoms with Crippen LogP contribution in [0.1, 0.15) is 63.5 Å². The maximum Gasteiger partial charge on any atom is 0.410 e. The molecular formula is C21H30N6O3. The molecule has 1 amide bonds. The summed E-state index contributed by atoms with van der Waals surface area (Å²) < 4.78 is 13.1. The van der Waals surface area contributed by atoms with Crippen molar-refractivity contribution in [3.63, 3.8) is 0 Å². The van der Waals surface area contributed by atoms with Crippen molar-refractivity contribution < 1.29 is 14.3 Å². The zero-order valence-corrected chi connectivity index (χ0v) is 17.8. The molecule has 0 aromatic carbocycles. The van der Waals surface area contributed by atoms with Gasteiger partial charge < -0.3 is 14.4 Å². The number of rotatable bonds is 6. The first-order valence-electron chi connectivity index (χ1n) is 10.9. The summed E-state index contributed by atoms with van der Waals surface area (Å²) >= 11 is 0. The largest absolute Gasteiger partial charge is 0.473 e. The van der Waals surface area contributed by atoms with Gasteiger partial charge in [-0.25, -0.2) is 19.4 Å². The van der Waals surface area contributed by atoms with E-state index in [9.17, 15) is 4.79 Å². The van der Waals surface area contributed by atoms with Gasteiger partial charge in [-0.1, -0.05) is 24.5 Å². The second-order valence-electron chi connectivity index (χ2n) is 8.23. The van der Waals surface area contributed by atoms with Crippen molar-refractivity contribution in [2.45, 2.75) is 76.5 Å². The average molecular weight is 415 g/mol. The molecule has 2 heterocycles. The van der Waals surface area contributed by atoms with Crippen molar-refractivity contribution in [1.82, 2.24) is 29.9 Å². The van der Waals surface area contributed by atoms with Crippen LogP contribution in [0.5, 0.6) is 5.88 Å². The Balaban J connectivity index is 1.39. The summed E-state index contributed by atoms with van der Waals surface area (Å²) in [6.45, 7) is 0.0801. The van der Waals surface area contributed by atoms with Gasteiger partial charge in [-0.3, -0.25) is 0 Å². The summed E-state index contributed by atoms with van der Waals surface area (Å²) in [4.78, 5) is 23.0. The van der Waals surface area contributed by atoms with Gasteiger partial charge >= 0.3 is 6.09 Å². The Morgan fingerprint density at radius 1 is 1.10 bits per heavy atom. The number of aromatic nitrogens is 5. The van der Waals surface area contributed by atoms with Gasteiger partial charge in [-0.15, -0.1) is 5.10 Å². The number of hydrogen-bond acceptors (Lipinski definition) is 7. The molecule has 162 valence electrons. The highest BCUT2D eigenvalue weighted by atomic mass is 16.6. The normalized spacial score (nSPS) is 17.8. The van der Waals surface area contributed by atoms with Crippen LogP contribution in [0.3, 0.4) is 0 Å². The predicted octanol–water partition coefficient (Wildman–Crippen LogP) is 3.49. The molecule has 30 heavy (non-hydrogen) atoms. The zero-order chi connectivity index (χ0) is 20.9. The van der Waals surface area contributed by atoms with Crippen molar-refractivity contribution in [2.24, 2.45) is 7.05 Å². The van der Waals surface area contributed by atoms with Gasteiger partial charge in [0.1, 0.15) is 29.8 Å². The summed E-state index contributed by atoms with van der Waals surface area (Å²) in [6, 6.07) is 0.268. The third kappa shape index (κ3) is 4.71. The highest BCUT2D eigenvalue weighted by Crippen LogP contribution is 2.25. The third-order valence-corrected chi connectivity index (χ3v) is 6.15. The van der Waals surface area contributed by atoms with E-state index < -0.39 is 0 Å². The average Bonchev–Trinajstić information content (AvgIpc) is 3.43. The Morgan fingerprint density at radius 3 is 2.53 bits per heavy atom. The van der Waals surface area contributed by atoms with Crippen molar-refractivity contribution >= 4 is 6.09 Å². The minimum Gasteiger partial charge on any atom is -0.473 e. The standard InChI is InChI=1S/C21H30N6O3/c1-26(15-8-6-7-9-15)21(28)29-14-18-20(24-25-27(18)2)17-12-23-19(13-22-17)30-16-10-4-3-5-11-16/h12-13,15-16H,3-11,14H2,1-2H3. The Bertz CT molecular complexity index is 841. The summed E-state index contributed by atoms with van der Waals surface area (Å²) in [5, 5.41) is 8.27. The molecule has 0 radical (unpaired) electrons. The molecular weight excluding hydrogens is 384 g/mol. The highest BCUT2D eigenvalue weighted by molar-refractivity contribution is 5.68. The molecule has 2 fully saturated rings. The van der Waals surface area contributed by atoms with Crippen LogP contribution >= 0.6 is 0 Å². The lowest BCUT2D eigenvalue weighted by Crippen LogP contribution is -2.35. The van der Waals surface area contributed by atoms with Gasteiger partial charge in [0.15, 0.2) is 0 Å². The molecule has 2 aromatic rings. The summed E-state index contributed by atoms with van der Waals surface area (Å²) in [7, 11) is 3.57. The maximum atomic E-state index is 12.4. The third-order valence-electron chi connectivity index (χ3n) is 6.15. The van der Waals surface area contributed by atoms with Gasteiger partial charge in [0, 0.05) is 20.1 Å². The topological polar surface area (TPSA) is 95.3 Å². The molecule has 4 rings (SSSR count). The van der Waals surface area contributed by atoms with Crippen LogP contribution in [0, 0.1) is 0 Å². The smallest absolute Gasteiger partial charge is 0.410 e. The first-order valence-corrected chi connectivity index (χ1v) is 10.9. The van der Waals surface area contributed by atoms with E-state index in [0.717, 1.165) is 38.5 Å². The zero-order valence-electron chi connectivity index (χ0n) is 17.8. The number of ether oxygens (including phenoxy) is 2. The van der Waals surface area contributed by atoms with E-state index in [1.54, 1.807) is 36.1 Å². The van der Waals surface area contributed by atoms with E-state index in [2.05, 4.69) is 20.3 Å². The van der Waals surface area contributed by atoms with Gasteiger partial charge in [0.05, 0.1) is 12.4 Å². The van der Waals surface area contributed by atoms with Crippen LogP contribution in [-0.2, 0) is 18.4 Å². The van der Waals surface area contributed by atoms with E-state index in [1.165, 1.54) is 19.3 Å². The monoisotopic (exact) mass is 414 g/mol. The van der Waals surface area contributed by atoms with Crippen LogP contribution in [0.4, 0.5) is 4.79 Å². The molecule has 2 saturated carbocycles. The quantitative estimate of drug-likeness (QED) is 0.714. The number of amides is 1. The van der Waals surface area contributed by atoms with Crippen molar-refractivity contribution in [3.8, 4) is 17.3 Å². The van der Waals surface area contributed by atoms with Gasteiger partial charge in [-0.05, 0) is 38.5 Å². The highest BCUT2D eigenvalue weighted by Gasteiger charge is 2.25. The molecule has 0 aliphatic heterocycles. The van der Waals surface area contributed by atoms with Crippen LogP contribution in [0.15, 0.2) is 12.4 Å². The van der Waals surface area contributed by atoms with Crippen LogP contribution in [-0.4, -0.2) is 55.1 Å². The Labute approximate surface area is 176 Å². The Kier molecular flexibility index (Phi) is 6.44. The van der Waals surface area contributed by atoms with Crippen LogP contribution in [0.25, 0.3) is 11.4 Å². The molecule has 2 aliphatic rings. The lowest BCUT2D eigenvalue weighted by atomic mass is 9.98. The first kappa shape index (κ1) is 20.6. The second kappa shape index (κ2) is 9.40. The molecule has 2 aromatic heterocycles. The van der Waals surface area contributed by atoms with E-state index >= 15 is 0 Å². The summed E-state index contributed by atoms with van der Waals surface area (Å²) in [5.41, 5.74) is 1.82. The molecule has 0 bridgehead atoms. The maximum absolute atomic E-state index is 12.4. The van der Waals surface area contributed by atoms with Gasteiger partial charge in [-0.2, -0.15) is 0 Å². The molecule has 9 nitrogen and oxygen atoms in total. The fourth-order valence-electron chi connectivity index (χ4n) is 4.26. The Hall–Kier alpha value is -2.71. The summed E-state index contributed by atoms with van der Waals surface area (Å²) in [5.74, 6) is 0.528. The first-order chi connectivity index (χ1) is 14.6. The lowest BCUT2D eigenvalue weighted by Gasteiger charge is -2.23. The molecule has 2 aliphatic carbocycles. The molecule has 0 unspecified atom stereocenters. The summed E-state index contributed by atoms with van der Waals surface area (Å²) in [6.07, 6.45) is 13.4. The fraction of sp³-hybridized carbons (Fsp3) is 0.667. The van der Waals surface area contributed by atoms with Crippen LogP contribution < -0.4 is 4.74 Å². The molecule has 0 N–H and O–H groups in total. The van der Waals surface area contributed by atoms with Gasteiger partial charge in [0.25, 0.3) is 0 Å². The van der Waals surface area contributed by atoms with Crippen LogP contribution in [0.2, 0.25) is 0 Å². The minimum atomic E-state index is -0.323.